The van der Waals surface area contributed by atoms with E-state index in [9.17, 15) is 0 Å². The Morgan fingerprint density at radius 3 is 2.67 bits per heavy atom. The molecule has 18 heavy (non-hydrogen) atoms. The van der Waals surface area contributed by atoms with Crippen molar-refractivity contribution in [2.75, 3.05) is 13.4 Å². The van der Waals surface area contributed by atoms with Gasteiger partial charge in [0.15, 0.2) is 5.76 Å². The van der Waals surface area contributed by atoms with Crippen molar-refractivity contribution in [2.45, 2.75) is 5.03 Å². The molecule has 6 heteroatoms. The Morgan fingerprint density at radius 2 is 2.11 bits per heavy atom. The van der Waals surface area contributed by atoms with Gasteiger partial charge in [-0.2, -0.15) is 0 Å². The Morgan fingerprint density at radius 1 is 1.39 bits per heavy atom. The fourth-order valence-electron chi connectivity index (χ4n) is 1.55. The molecule has 0 saturated carbocycles. The van der Waals surface area contributed by atoms with Crippen LogP contribution in [-0.2, 0) is 0 Å². The number of ether oxygens (including phenoxy) is 1. The van der Waals surface area contributed by atoms with Crippen LogP contribution in [0.2, 0.25) is 0 Å². The van der Waals surface area contributed by atoms with E-state index < -0.39 is 0 Å². The first-order chi connectivity index (χ1) is 8.80. The fourth-order valence-corrected chi connectivity index (χ4v) is 2.03. The Labute approximate surface area is 108 Å². The molecule has 0 amide bonds. The number of hydrogen-bond acceptors (Lipinski definition) is 6. The van der Waals surface area contributed by atoms with Crippen LogP contribution in [0.4, 0.5) is 0 Å². The molecule has 0 aliphatic heterocycles. The maximum Gasteiger partial charge on any atom is 0.176 e. The van der Waals surface area contributed by atoms with Crippen molar-refractivity contribution in [2.24, 2.45) is 5.16 Å². The molecule has 1 aromatic heterocycles. The quantitative estimate of drug-likeness (QED) is 0.398. The van der Waals surface area contributed by atoms with Gasteiger partial charge in [0.05, 0.1) is 18.9 Å². The molecule has 0 fully saturated rings. The SMILES string of the molecule is COc1ccc(-c2onc(SC)c2/C=N/O)cc1. The summed E-state index contributed by atoms with van der Waals surface area (Å²) >= 11 is 1.43. The number of benzene rings is 1. The number of rotatable bonds is 4. The van der Waals surface area contributed by atoms with Gasteiger partial charge >= 0.3 is 0 Å². The topological polar surface area (TPSA) is 67.9 Å². The van der Waals surface area contributed by atoms with E-state index in [0.717, 1.165) is 11.3 Å². The van der Waals surface area contributed by atoms with Crippen molar-refractivity contribution in [3.63, 3.8) is 0 Å². The van der Waals surface area contributed by atoms with Crippen LogP contribution in [0.5, 0.6) is 5.75 Å². The Bertz CT molecular complexity index is 549. The summed E-state index contributed by atoms with van der Waals surface area (Å²) in [5, 5.41) is 16.3. The number of methoxy groups -OCH3 is 1. The highest BCUT2D eigenvalue weighted by Gasteiger charge is 2.15. The van der Waals surface area contributed by atoms with Crippen molar-refractivity contribution in [1.82, 2.24) is 5.16 Å². The molecule has 2 rings (SSSR count). The van der Waals surface area contributed by atoms with Crippen LogP contribution in [0.1, 0.15) is 5.56 Å². The minimum Gasteiger partial charge on any atom is -0.497 e. The lowest BCUT2D eigenvalue weighted by Gasteiger charge is -2.01. The maximum absolute atomic E-state index is 8.68. The zero-order chi connectivity index (χ0) is 13.0. The van der Waals surface area contributed by atoms with Crippen LogP contribution in [-0.4, -0.2) is 29.9 Å². The third kappa shape index (κ3) is 2.33. The second-order valence-corrected chi connectivity index (χ2v) is 4.20. The number of nitrogens with zero attached hydrogens (tertiary/aromatic N) is 2. The number of thioether (sulfide) groups is 1. The van der Waals surface area contributed by atoms with E-state index in [1.165, 1.54) is 18.0 Å². The van der Waals surface area contributed by atoms with E-state index in [0.29, 0.717) is 16.3 Å². The van der Waals surface area contributed by atoms with E-state index in [1.807, 2.05) is 30.5 Å². The van der Waals surface area contributed by atoms with Gasteiger partial charge in [-0.3, -0.25) is 0 Å². The molecule has 1 aromatic carbocycles. The van der Waals surface area contributed by atoms with Crippen LogP contribution in [0.3, 0.4) is 0 Å². The number of hydrogen-bond donors (Lipinski definition) is 1. The van der Waals surface area contributed by atoms with Crippen molar-refractivity contribution in [1.29, 1.82) is 0 Å². The second kappa shape index (κ2) is 5.59. The average Bonchev–Trinajstić information content (AvgIpc) is 2.82. The van der Waals surface area contributed by atoms with Crippen LogP contribution in [0, 0.1) is 0 Å². The summed E-state index contributed by atoms with van der Waals surface area (Å²) in [7, 11) is 1.61. The molecule has 0 aliphatic carbocycles. The summed E-state index contributed by atoms with van der Waals surface area (Å²) in [6, 6.07) is 7.38. The van der Waals surface area contributed by atoms with Gasteiger partial charge in [0.1, 0.15) is 10.8 Å². The molecule has 0 unspecified atom stereocenters. The predicted molar refractivity (Wildman–Crippen MR) is 69.7 cm³/mol. The molecular weight excluding hydrogens is 252 g/mol. The molecule has 94 valence electrons. The fraction of sp³-hybridized carbons (Fsp3) is 0.167. The van der Waals surface area contributed by atoms with Gasteiger partial charge in [-0.15, -0.1) is 11.8 Å². The minimum absolute atomic E-state index is 0.569. The summed E-state index contributed by atoms with van der Waals surface area (Å²) in [4.78, 5) is 0. The second-order valence-electron chi connectivity index (χ2n) is 3.41. The molecule has 0 spiro atoms. The molecule has 0 bridgehead atoms. The third-order valence-electron chi connectivity index (χ3n) is 2.43. The van der Waals surface area contributed by atoms with Crippen molar-refractivity contribution >= 4 is 18.0 Å². The molecule has 0 aliphatic rings. The summed E-state index contributed by atoms with van der Waals surface area (Å²) in [6.45, 7) is 0. The number of aromatic nitrogens is 1. The molecule has 0 radical (unpaired) electrons. The summed E-state index contributed by atoms with van der Waals surface area (Å²) in [5.74, 6) is 1.33. The van der Waals surface area contributed by atoms with Gasteiger partial charge in [0, 0.05) is 5.56 Å². The van der Waals surface area contributed by atoms with Gasteiger partial charge in [-0.25, -0.2) is 0 Å². The normalized spacial score (nSPS) is 11.0. The monoisotopic (exact) mass is 264 g/mol. The molecule has 2 aromatic rings. The van der Waals surface area contributed by atoms with Crippen molar-refractivity contribution in [3.8, 4) is 17.1 Å². The van der Waals surface area contributed by atoms with E-state index >= 15 is 0 Å². The smallest absolute Gasteiger partial charge is 0.176 e. The third-order valence-corrected chi connectivity index (χ3v) is 3.11. The highest BCUT2D eigenvalue weighted by Crippen LogP contribution is 2.30. The molecule has 0 saturated heterocycles. The zero-order valence-electron chi connectivity index (χ0n) is 9.95. The van der Waals surface area contributed by atoms with Crippen molar-refractivity contribution in [3.05, 3.63) is 29.8 Å². The van der Waals surface area contributed by atoms with E-state index in [4.69, 9.17) is 14.5 Å². The molecule has 5 nitrogen and oxygen atoms in total. The molecule has 0 atom stereocenters. The van der Waals surface area contributed by atoms with Gasteiger partial charge in [0.25, 0.3) is 0 Å². The van der Waals surface area contributed by atoms with E-state index in [2.05, 4.69) is 10.3 Å². The van der Waals surface area contributed by atoms with Gasteiger partial charge < -0.3 is 14.5 Å². The van der Waals surface area contributed by atoms with Crippen LogP contribution >= 0.6 is 11.8 Å². The van der Waals surface area contributed by atoms with Crippen LogP contribution in [0.15, 0.2) is 39.0 Å². The highest BCUT2D eigenvalue weighted by molar-refractivity contribution is 7.98. The summed E-state index contributed by atoms with van der Waals surface area (Å²) in [6.07, 6.45) is 3.20. The Kier molecular flexibility index (Phi) is 3.88. The standard InChI is InChI=1S/C12H12N2O3S/c1-16-9-5-3-8(4-6-9)11-10(7-13-15)12(18-2)14-17-11/h3-7,15H,1-2H3/b13-7+. The average molecular weight is 264 g/mol. The zero-order valence-corrected chi connectivity index (χ0v) is 10.8. The largest absolute Gasteiger partial charge is 0.497 e. The predicted octanol–water partition coefficient (Wildman–Crippen LogP) is 2.88. The van der Waals surface area contributed by atoms with Crippen LogP contribution in [0.25, 0.3) is 11.3 Å². The van der Waals surface area contributed by atoms with E-state index in [1.54, 1.807) is 7.11 Å². The van der Waals surface area contributed by atoms with E-state index in [-0.39, 0.29) is 0 Å². The minimum atomic E-state index is 0.569. The molecule has 1 heterocycles. The Hall–Kier alpha value is -1.95. The lowest BCUT2D eigenvalue weighted by Crippen LogP contribution is -1.87. The first kappa shape index (κ1) is 12.5. The van der Waals surface area contributed by atoms with Gasteiger partial charge in [-0.05, 0) is 30.5 Å². The lowest BCUT2D eigenvalue weighted by atomic mass is 10.1. The molecular formula is C12H12N2O3S. The maximum atomic E-state index is 8.68. The van der Waals surface area contributed by atoms with Gasteiger partial charge in [-0.1, -0.05) is 10.3 Å². The highest BCUT2D eigenvalue weighted by atomic mass is 32.2. The van der Waals surface area contributed by atoms with Gasteiger partial charge in [0.2, 0.25) is 0 Å². The number of oxime groups is 1. The lowest BCUT2D eigenvalue weighted by molar-refractivity contribution is 0.321. The summed E-state index contributed by atoms with van der Waals surface area (Å²) in [5.41, 5.74) is 1.51. The first-order valence-corrected chi connectivity index (χ1v) is 6.38. The van der Waals surface area contributed by atoms with Crippen LogP contribution < -0.4 is 4.74 Å². The first-order valence-electron chi connectivity index (χ1n) is 5.15. The molecule has 1 N–H and O–H groups in total. The summed E-state index contributed by atoms with van der Waals surface area (Å²) < 4.78 is 10.4. The Balaban J connectivity index is 2.45. The van der Waals surface area contributed by atoms with Crippen molar-refractivity contribution < 1.29 is 14.5 Å².